The van der Waals surface area contributed by atoms with Crippen molar-refractivity contribution in [2.45, 2.75) is 13.0 Å². The van der Waals surface area contributed by atoms with Crippen molar-refractivity contribution in [1.29, 1.82) is 0 Å². The zero-order valence-corrected chi connectivity index (χ0v) is 10.6. The van der Waals surface area contributed by atoms with E-state index in [2.05, 4.69) is 31.2 Å². The third-order valence-electron chi connectivity index (χ3n) is 2.27. The highest BCUT2D eigenvalue weighted by atomic mass is 79.9. The molecule has 1 heterocycles. The number of hydrogen-bond acceptors (Lipinski definition) is 5. The van der Waals surface area contributed by atoms with Gasteiger partial charge in [-0.05, 0) is 22.9 Å². The van der Waals surface area contributed by atoms with E-state index in [0.29, 0.717) is 0 Å². The van der Waals surface area contributed by atoms with Gasteiger partial charge in [-0.1, -0.05) is 0 Å². The molecule has 6 heteroatoms. The lowest BCUT2D eigenvalue weighted by Crippen LogP contribution is -2.32. The maximum absolute atomic E-state index is 9.07. The molecule has 1 unspecified atom stereocenters. The molecule has 2 N–H and O–H groups in total. The van der Waals surface area contributed by atoms with Crippen LogP contribution >= 0.6 is 15.9 Å². The number of nitrogens with one attached hydrogen (secondary N) is 1. The largest absolute Gasteiger partial charge is 0.394 e. The van der Waals surface area contributed by atoms with Crippen LogP contribution in [0.3, 0.4) is 0 Å². The first-order valence-electron chi connectivity index (χ1n) is 4.63. The summed E-state index contributed by atoms with van der Waals surface area (Å²) in [6.07, 6.45) is 1.49. The standard InChI is InChI=1S/C9H15BrN4O/c1-6(4-15)14(3)9-7(10)8(11-2)12-5-13-9/h5-6,15H,4H2,1-3H3,(H,11,12,13). The number of halogens is 1. The van der Waals surface area contributed by atoms with Gasteiger partial charge in [0, 0.05) is 14.1 Å². The van der Waals surface area contributed by atoms with E-state index in [9.17, 15) is 0 Å². The minimum absolute atomic E-state index is 0.0147. The molecule has 0 aliphatic heterocycles. The van der Waals surface area contributed by atoms with Gasteiger partial charge in [0.2, 0.25) is 0 Å². The Hall–Kier alpha value is -0.880. The fourth-order valence-electron chi connectivity index (χ4n) is 1.11. The van der Waals surface area contributed by atoms with Crippen molar-refractivity contribution in [1.82, 2.24) is 9.97 Å². The van der Waals surface area contributed by atoms with E-state index in [1.165, 1.54) is 6.33 Å². The number of aliphatic hydroxyl groups excluding tert-OH is 1. The molecule has 0 amide bonds. The van der Waals surface area contributed by atoms with Gasteiger partial charge in [-0.15, -0.1) is 0 Å². The second kappa shape index (κ2) is 5.27. The van der Waals surface area contributed by atoms with E-state index >= 15 is 0 Å². The Morgan fingerprint density at radius 1 is 1.60 bits per heavy atom. The number of likely N-dealkylation sites (N-methyl/N-ethyl adjacent to an activating group) is 1. The Morgan fingerprint density at radius 3 is 2.80 bits per heavy atom. The van der Waals surface area contributed by atoms with Gasteiger partial charge in [-0.2, -0.15) is 0 Å². The van der Waals surface area contributed by atoms with Crippen molar-refractivity contribution in [3.05, 3.63) is 10.8 Å². The van der Waals surface area contributed by atoms with Gasteiger partial charge in [-0.25, -0.2) is 9.97 Å². The average molecular weight is 275 g/mol. The molecule has 1 aromatic heterocycles. The van der Waals surface area contributed by atoms with Gasteiger partial charge in [0.15, 0.2) is 0 Å². The van der Waals surface area contributed by atoms with Crippen LogP contribution in [0.25, 0.3) is 0 Å². The van der Waals surface area contributed by atoms with Crippen LogP contribution in [0.5, 0.6) is 0 Å². The van der Waals surface area contributed by atoms with Gasteiger partial charge in [-0.3, -0.25) is 0 Å². The lowest BCUT2D eigenvalue weighted by molar-refractivity contribution is 0.269. The van der Waals surface area contributed by atoms with Crippen LogP contribution < -0.4 is 10.2 Å². The van der Waals surface area contributed by atoms with Crippen molar-refractivity contribution in [3.8, 4) is 0 Å². The molecule has 1 rings (SSSR count). The lowest BCUT2D eigenvalue weighted by Gasteiger charge is -2.25. The van der Waals surface area contributed by atoms with Crippen LogP contribution in [-0.4, -0.2) is 41.8 Å². The van der Waals surface area contributed by atoms with Gasteiger partial charge in [0.25, 0.3) is 0 Å². The highest BCUT2D eigenvalue weighted by molar-refractivity contribution is 9.10. The summed E-state index contributed by atoms with van der Waals surface area (Å²) in [4.78, 5) is 10.1. The Balaban J connectivity index is 3.03. The summed E-state index contributed by atoms with van der Waals surface area (Å²) >= 11 is 3.43. The molecule has 0 bridgehead atoms. The number of hydrogen-bond donors (Lipinski definition) is 2. The summed E-state index contributed by atoms with van der Waals surface area (Å²) < 4.78 is 0.801. The normalized spacial score (nSPS) is 12.3. The first kappa shape index (κ1) is 12.2. The maximum Gasteiger partial charge on any atom is 0.148 e. The summed E-state index contributed by atoms with van der Waals surface area (Å²) in [5.74, 6) is 1.49. The molecule has 0 aromatic carbocycles. The Kier molecular flexibility index (Phi) is 4.28. The Bertz CT molecular complexity index is 334. The molecule has 0 radical (unpaired) electrons. The van der Waals surface area contributed by atoms with E-state index in [-0.39, 0.29) is 12.6 Å². The number of aromatic nitrogens is 2. The van der Waals surface area contributed by atoms with E-state index < -0.39 is 0 Å². The minimum Gasteiger partial charge on any atom is -0.394 e. The number of rotatable bonds is 4. The highest BCUT2D eigenvalue weighted by Gasteiger charge is 2.15. The molecule has 0 saturated heterocycles. The van der Waals surface area contributed by atoms with Crippen LogP contribution in [-0.2, 0) is 0 Å². The van der Waals surface area contributed by atoms with E-state index in [1.807, 2.05) is 18.9 Å². The Labute approximate surface area is 97.7 Å². The van der Waals surface area contributed by atoms with Crippen LogP contribution in [0.2, 0.25) is 0 Å². The fourth-order valence-corrected chi connectivity index (χ4v) is 1.79. The van der Waals surface area contributed by atoms with Crippen LogP contribution in [0.1, 0.15) is 6.92 Å². The van der Waals surface area contributed by atoms with Crippen molar-refractivity contribution < 1.29 is 5.11 Å². The van der Waals surface area contributed by atoms with Gasteiger partial charge in [0.05, 0.1) is 12.6 Å². The maximum atomic E-state index is 9.07. The molecule has 0 aliphatic rings. The van der Waals surface area contributed by atoms with Gasteiger partial charge in [0.1, 0.15) is 22.4 Å². The summed E-state index contributed by atoms with van der Waals surface area (Å²) in [6.45, 7) is 2.01. The van der Waals surface area contributed by atoms with Gasteiger partial charge < -0.3 is 15.3 Å². The summed E-state index contributed by atoms with van der Waals surface area (Å²) in [7, 11) is 3.68. The van der Waals surface area contributed by atoms with Crippen LogP contribution in [0, 0.1) is 0 Å². The zero-order valence-electron chi connectivity index (χ0n) is 9.03. The van der Waals surface area contributed by atoms with E-state index in [4.69, 9.17) is 5.11 Å². The van der Waals surface area contributed by atoms with Crippen molar-refractivity contribution in [3.63, 3.8) is 0 Å². The summed E-state index contributed by atoms with van der Waals surface area (Å²) in [6, 6.07) is 0.0147. The summed E-state index contributed by atoms with van der Waals surface area (Å²) in [5.41, 5.74) is 0. The molecule has 15 heavy (non-hydrogen) atoms. The molecule has 84 valence electrons. The molecule has 1 atom stereocenters. The first-order valence-corrected chi connectivity index (χ1v) is 5.43. The van der Waals surface area contributed by atoms with Crippen LogP contribution in [0.15, 0.2) is 10.8 Å². The smallest absolute Gasteiger partial charge is 0.148 e. The van der Waals surface area contributed by atoms with Crippen molar-refractivity contribution in [2.24, 2.45) is 0 Å². The van der Waals surface area contributed by atoms with E-state index in [0.717, 1.165) is 16.1 Å². The average Bonchev–Trinajstić information content (AvgIpc) is 2.27. The number of anilines is 2. The van der Waals surface area contributed by atoms with E-state index in [1.54, 1.807) is 7.05 Å². The Morgan fingerprint density at radius 2 is 2.27 bits per heavy atom. The quantitative estimate of drug-likeness (QED) is 0.861. The van der Waals surface area contributed by atoms with Crippen molar-refractivity contribution in [2.75, 3.05) is 30.9 Å². The second-order valence-electron chi connectivity index (χ2n) is 3.25. The SMILES string of the molecule is CNc1ncnc(N(C)C(C)CO)c1Br. The highest BCUT2D eigenvalue weighted by Crippen LogP contribution is 2.29. The molecule has 1 aromatic rings. The fraction of sp³-hybridized carbons (Fsp3) is 0.556. The van der Waals surface area contributed by atoms with Crippen molar-refractivity contribution >= 4 is 27.6 Å². The number of nitrogens with zero attached hydrogens (tertiary/aromatic N) is 3. The molecular weight excluding hydrogens is 260 g/mol. The first-order chi connectivity index (χ1) is 7.11. The molecule has 0 aliphatic carbocycles. The number of aliphatic hydroxyl groups is 1. The second-order valence-corrected chi connectivity index (χ2v) is 4.05. The third kappa shape index (κ3) is 2.57. The topological polar surface area (TPSA) is 61.3 Å². The monoisotopic (exact) mass is 274 g/mol. The molecular formula is C9H15BrN4O. The zero-order chi connectivity index (χ0) is 11.4. The predicted octanol–water partition coefficient (Wildman–Crippen LogP) is 1.10. The molecule has 0 fully saturated rings. The predicted molar refractivity (Wildman–Crippen MR) is 64.2 cm³/mol. The molecule has 0 saturated carbocycles. The lowest BCUT2D eigenvalue weighted by atomic mass is 10.3. The van der Waals surface area contributed by atoms with Crippen LogP contribution in [0.4, 0.5) is 11.6 Å². The molecule has 0 spiro atoms. The molecule has 5 nitrogen and oxygen atoms in total. The third-order valence-corrected chi connectivity index (χ3v) is 3.00. The van der Waals surface area contributed by atoms with Gasteiger partial charge >= 0.3 is 0 Å². The minimum atomic E-state index is 0.0147. The summed E-state index contributed by atoms with van der Waals surface area (Å²) in [5, 5.41) is 12.0.